The van der Waals surface area contributed by atoms with Crippen LogP contribution in [-0.2, 0) is 6.42 Å². The lowest BCUT2D eigenvalue weighted by Crippen LogP contribution is -2.00. The number of benzene rings is 2. The molecule has 0 amide bonds. The first kappa shape index (κ1) is 13.4. The van der Waals surface area contributed by atoms with Crippen molar-refractivity contribution in [1.82, 2.24) is 0 Å². The van der Waals surface area contributed by atoms with Gasteiger partial charge in [-0.25, -0.2) is 0 Å². The van der Waals surface area contributed by atoms with Gasteiger partial charge in [-0.2, -0.15) is 12.6 Å². The lowest BCUT2D eigenvalue weighted by Gasteiger charge is -2.11. The van der Waals surface area contributed by atoms with E-state index in [-0.39, 0.29) is 21.6 Å². The highest BCUT2D eigenvalue weighted by Gasteiger charge is 2.16. The molecule has 19 heavy (non-hydrogen) atoms. The van der Waals surface area contributed by atoms with Crippen LogP contribution in [0.2, 0.25) is 0 Å². The van der Waals surface area contributed by atoms with Crippen LogP contribution < -0.4 is 0 Å². The van der Waals surface area contributed by atoms with Crippen LogP contribution in [0, 0.1) is 10.1 Å². The van der Waals surface area contributed by atoms with Gasteiger partial charge in [0.05, 0.1) is 4.92 Å². The van der Waals surface area contributed by atoms with E-state index in [1.807, 2.05) is 0 Å². The average Bonchev–Trinajstić information content (AvgIpc) is 2.39. The number of phenols is 1. The van der Waals surface area contributed by atoms with E-state index in [0.29, 0.717) is 12.0 Å². The van der Waals surface area contributed by atoms with Gasteiger partial charge in [-0.05, 0) is 24.1 Å². The number of thiol groups is 1. The molecule has 2 aromatic carbocycles. The Morgan fingerprint density at radius 2 is 1.79 bits per heavy atom. The molecule has 0 saturated heterocycles. The minimum atomic E-state index is -0.382. The molecule has 0 aliphatic heterocycles. The molecule has 0 fully saturated rings. The maximum Gasteiger partial charge on any atom is 0.272 e. The summed E-state index contributed by atoms with van der Waals surface area (Å²) in [4.78, 5) is 10.5. The second kappa shape index (κ2) is 5.75. The van der Waals surface area contributed by atoms with Crippen molar-refractivity contribution in [3.63, 3.8) is 0 Å². The standard InChI is InChI=1S/C14H13NO3S/c16-12-7-5-10(6-8-12)14(19)9-11-3-1-2-4-13(11)15(17)18/h1-8,14,16,19H,9H2. The molecule has 1 N–H and O–H groups in total. The maximum absolute atomic E-state index is 10.9. The van der Waals surface area contributed by atoms with Gasteiger partial charge in [-0.15, -0.1) is 0 Å². The molecule has 1 unspecified atom stereocenters. The summed E-state index contributed by atoms with van der Waals surface area (Å²) in [6, 6.07) is 13.4. The molecule has 0 aliphatic rings. The second-order valence-electron chi connectivity index (χ2n) is 4.20. The van der Waals surface area contributed by atoms with Crippen molar-refractivity contribution in [1.29, 1.82) is 0 Å². The molecule has 0 aliphatic carbocycles. The zero-order valence-electron chi connectivity index (χ0n) is 10.1. The molecule has 0 spiro atoms. The maximum atomic E-state index is 10.9. The van der Waals surface area contributed by atoms with Gasteiger partial charge in [0.25, 0.3) is 5.69 Å². The smallest absolute Gasteiger partial charge is 0.272 e. The predicted molar refractivity (Wildman–Crippen MR) is 76.6 cm³/mol. The third-order valence-corrected chi connectivity index (χ3v) is 3.36. The molecule has 0 saturated carbocycles. The Balaban J connectivity index is 2.21. The Hall–Kier alpha value is -2.01. The zero-order valence-corrected chi connectivity index (χ0v) is 11.0. The van der Waals surface area contributed by atoms with Crippen molar-refractivity contribution in [3.05, 3.63) is 69.8 Å². The van der Waals surface area contributed by atoms with Crippen molar-refractivity contribution in [2.24, 2.45) is 0 Å². The van der Waals surface area contributed by atoms with E-state index >= 15 is 0 Å². The molecular weight excluding hydrogens is 262 g/mol. The van der Waals surface area contributed by atoms with Crippen molar-refractivity contribution < 1.29 is 10.0 Å². The molecule has 98 valence electrons. The summed E-state index contributed by atoms with van der Waals surface area (Å²) in [6.45, 7) is 0. The summed E-state index contributed by atoms with van der Waals surface area (Å²) in [6.07, 6.45) is 0.463. The third kappa shape index (κ3) is 3.26. The van der Waals surface area contributed by atoms with Gasteiger partial charge in [0.15, 0.2) is 0 Å². The molecule has 4 nitrogen and oxygen atoms in total. The SMILES string of the molecule is O=[N+]([O-])c1ccccc1CC(S)c1ccc(O)cc1. The summed E-state index contributed by atoms with van der Waals surface area (Å²) in [7, 11) is 0. The first-order valence-electron chi connectivity index (χ1n) is 5.77. The fourth-order valence-corrected chi connectivity index (χ4v) is 2.25. The lowest BCUT2D eigenvalue weighted by molar-refractivity contribution is -0.385. The summed E-state index contributed by atoms with van der Waals surface area (Å²) in [5.74, 6) is 0.190. The fourth-order valence-electron chi connectivity index (χ4n) is 1.88. The van der Waals surface area contributed by atoms with E-state index in [4.69, 9.17) is 0 Å². The quantitative estimate of drug-likeness (QED) is 0.510. The van der Waals surface area contributed by atoms with Crippen LogP contribution in [-0.4, -0.2) is 10.0 Å². The van der Waals surface area contributed by atoms with Crippen LogP contribution in [0.3, 0.4) is 0 Å². The summed E-state index contributed by atoms with van der Waals surface area (Å²) >= 11 is 4.48. The number of hydrogen-bond donors (Lipinski definition) is 2. The molecular formula is C14H13NO3S. The largest absolute Gasteiger partial charge is 0.508 e. The van der Waals surface area contributed by atoms with Crippen molar-refractivity contribution in [2.75, 3.05) is 0 Å². The molecule has 5 heteroatoms. The van der Waals surface area contributed by atoms with Crippen molar-refractivity contribution in [3.8, 4) is 5.75 Å². The van der Waals surface area contributed by atoms with E-state index < -0.39 is 0 Å². The van der Waals surface area contributed by atoms with Crippen LogP contribution in [0.5, 0.6) is 5.75 Å². The topological polar surface area (TPSA) is 63.4 Å². The molecule has 2 rings (SSSR count). The van der Waals surface area contributed by atoms with E-state index in [2.05, 4.69) is 12.6 Å². The number of nitrogens with zero attached hydrogens (tertiary/aromatic N) is 1. The number of hydrogen-bond acceptors (Lipinski definition) is 4. The van der Waals surface area contributed by atoms with Gasteiger partial charge in [-0.1, -0.05) is 30.3 Å². The van der Waals surface area contributed by atoms with Gasteiger partial charge in [-0.3, -0.25) is 10.1 Å². The second-order valence-corrected chi connectivity index (χ2v) is 4.82. The van der Waals surface area contributed by atoms with Gasteiger partial charge in [0, 0.05) is 16.9 Å². The number of nitro benzene ring substituents is 1. The zero-order chi connectivity index (χ0) is 13.8. The summed E-state index contributed by atoms with van der Waals surface area (Å²) in [5.41, 5.74) is 1.68. The van der Waals surface area contributed by atoms with Gasteiger partial charge in [0.2, 0.25) is 0 Å². The monoisotopic (exact) mass is 275 g/mol. The van der Waals surface area contributed by atoms with Gasteiger partial charge < -0.3 is 5.11 Å². The van der Waals surface area contributed by atoms with Crippen LogP contribution in [0.1, 0.15) is 16.4 Å². The number of para-hydroxylation sites is 1. The van der Waals surface area contributed by atoms with Crippen LogP contribution >= 0.6 is 12.6 Å². The highest BCUT2D eigenvalue weighted by molar-refractivity contribution is 7.80. The van der Waals surface area contributed by atoms with E-state index in [0.717, 1.165) is 5.56 Å². The molecule has 0 bridgehead atoms. The number of phenolic OH excluding ortho intramolecular Hbond substituents is 1. The normalized spacial score (nSPS) is 12.1. The van der Waals surface area contributed by atoms with Crippen molar-refractivity contribution in [2.45, 2.75) is 11.7 Å². The third-order valence-electron chi connectivity index (χ3n) is 2.88. The first-order valence-corrected chi connectivity index (χ1v) is 6.29. The minimum Gasteiger partial charge on any atom is -0.508 e. The molecule has 0 heterocycles. The fraction of sp³-hybridized carbons (Fsp3) is 0.143. The number of aromatic hydroxyl groups is 1. The number of rotatable bonds is 4. The van der Waals surface area contributed by atoms with Crippen LogP contribution in [0.4, 0.5) is 5.69 Å². The highest BCUT2D eigenvalue weighted by atomic mass is 32.1. The first-order chi connectivity index (χ1) is 9.08. The average molecular weight is 275 g/mol. The van der Waals surface area contributed by atoms with Crippen LogP contribution in [0.15, 0.2) is 48.5 Å². The Morgan fingerprint density at radius 3 is 2.42 bits per heavy atom. The summed E-state index contributed by atoms with van der Waals surface area (Å²) in [5, 5.41) is 20.0. The summed E-state index contributed by atoms with van der Waals surface area (Å²) < 4.78 is 0. The van der Waals surface area contributed by atoms with E-state index in [1.54, 1.807) is 42.5 Å². The molecule has 2 aromatic rings. The Bertz CT molecular complexity index is 583. The van der Waals surface area contributed by atoms with Gasteiger partial charge >= 0.3 is 0 Å². The Labute approximate surface area is 116 Å². The minimum absolute atomic E-state index is 0.111. The predicted octanol–water partition coefficient (Wildman–Crippen LogP) is 3.51. The lowest BCUT2D eigenvalue weighted by atomic mass is 10.0. The van der Waals surface area contributed by atoms with E-state index in [9.17, 15) is 15.2 Å². The number of nitro groups is 1. The van der Waals surface area contributed by atoms with Crippen molar-refractivity contribution >= 4 is 18.3 Å². The molecule has 0 aromatic heterocycles. The van der Waals surface area contributed by atoms with Crippen LogP contribution in [0.25, 0.3) is 0 Å². The van der Waals surface area contributed by atoms with Gasteiger partial charge in [0.1, 0.15) is 5.75 Å². The Morgan fingerprint density at radius 1 is 1.16 bits per heavy atom. The molecule has 0 radical (unpaired) electrons. The molecule has 1 atom stereocenters. The highest BCUT2D eigenvalue weighted by Crippen LogP contribution is 2.29. The van der Waals surface area contributed by atoms with E-state index in [1.165, 1.54) is 6.07 Å². The Kier molecular flexibility index (Phi) is 4.06.